The molecule has 0 aliphatic heterocycles. The molecular weight excluding hydrogens is 186 g/mol. The van der Waals surface area contributed by atoms with Crippen LogP contribution in [0.5, 0.6) is 0 Å². The summed E-state index contributed by atoms with van der Waals surface area (Å²) in [6.45, 7) is 7.72. The van der Waals surface area contributed by atoms with E-state index >= 15 is 0 Å². The van der Waals surface area contributed by atoms with Gasteiger partial charge < -0.3 is 10.4 Å². The molecule has 1 aliphatic rings. The minimum Gasteiger partial charge on any atom is -0.393 e. The van der Waals surface area contributed by atoms with E-state index in [2.05, 4.69) is 19.2 Å². The molecule has 2 unspecified atom stereocenters. The van der Waals surface area contributed by atoms with Gasteiger partial charge in [0.15, 0.2) is 0 Å². The van der Waals surface area contributed by atoms with Crippen molar-refractivity contribution in [2.24, 2.45) is 5.41 Å². The normalized spacial score (nSPS) is 27.6. The highest BCUT2D eigenvalue weighted by molar-refractivity contribution is 4.87. The molecule has 2 N–H and O–H groups in total. The van der Waals surface area contributed by atoms with E-state index in [9.17, 15) is 5.11 Å². The summed E-state index contributed by atoms with van der Waals surface area (Å²) in [6.07, 6.45) is 7.01. The highest BCUT2D eigenvalue weighted by atomic mass is 16.3. The van der Waals surface area contributed by atoms with Gasteiger partial charge in [-0.25, -0.2) is 0 Å². The second-order valence-electron chi connectivity index (χ2n) is 5.59. The lowest BCUT2D eigenvalue weighted by molar-refractivity contribution is 0.138. The predicted octanol–water partition coefficient (Wildman–Crippen LogP) is 2.71. The first kappa shape index (κ1) is 13.0. The van der Waals surface area contributed by atoms with Crippen LogP contribution in [0.3, 0.4) is 0 Å². The molecule has 0 spiro atoms. The van der Waals surface area contributed by atoms with Crippen molar-refractivity contribution in [3.05, 3.63) is 0 Å². The summed E-state index contributed by atoms with van der Waals surface area (Å²) in [5.41, 5.74) is 0.440. The summed E-state index contributed by atoms with van der Waals surface area (Å²) in [7, 11) is 0. The molecule has 0 amide bonds. The third-order valence-corrected chi connectivity index (χ3v) is 3.85. The molecule has 1 saturated carbocycles. The molecule has 1 rings (SSSR count). The van der Waals surface area contributed by atoms with Gasteiger partial charge in [-0.2, -0.15) is 0 Å². The van der Waals surface area contributed by atoms with Crippen LogP contribution < -0.4 is 5.32 Å². The fourth-order valence-corrected chi connectivity index (χ4v) is 2.50. The Labute approximate surface area is 94.5 Å². The van der Waals surface area contributed by atoms with E-state index < -0.39 is 0 Å². The first-order valence-electron chi connectivity index (χ1n) is 6.47. The van der Waals surface area contributed by atoms with Crippen molar-refractivity contribution < 1.29 is 5.11 Å². The van der Waals surface area contributed by atoms with Crippen molar-refractivity contribution in [1.29, 1.82) is 0 Å². The Balaban J connectivity index is 2.24. The molecule has 0 aromatic carbocycles. The molecule has 0 saturated heterocycles. The number of aliphatic hydroxyl groups is 1. The third-order valence-electron chi connectivity index (χ3n) is 3.85. The fourth-order valence-electron chi connectivity index (χ4n) is 2.50. The van der Waals surface area contributed by atoms with Gasteiger partial charge in [0.25, 0.3) is 0 Å². The van der Waals surface area contributed by atoms with Gasteiger partial charge in [-0.15, -0.1) is 0 Å². The highest BCUT2D eigenvalue weighted by Crippen LogP contribution is 2.35. The molecular formula is C13H27NO. The first-order valence-corrected chi connectivity index (χ1v) is 6.47. The van der Waals surface area contributed by atoms with Gasteiger partial charge in [0.05, 0.1) is 6.10 Å². The van der Waals surface area contributed by atoms with Crippen LogP contribution in [0.4, 0.5) is 0 Å². The fraction of sp³-hybridized carbons (Fsp3) is 1.00. The van der Waals surface area contributed by atoms with E-state index in [4.69, 9.17) is 0 Å². The average Bonchev–Trinajstić information content (AvgIpc) is 2.20. The van der Waals surface area contributed by atoms with E-state index in [0.717, 1.165) is 19.4 Å². The van der Waals surface area contributed by atoms with Crippen LogP contribution in [0, 0.1) is 5.41 Å². The van der Waals surface area contributed by atoms with Crippen LogP contribution in [0.1, 0.15) is 59.3 Å². The highest BCUT2D eigenvalue weighted by Gasteiger charge is 2.31. The van der Waals surface area contributed by atoms with Crippen LogP contribution in [-0.4, -0.2) is 23.8 Å². The lowest BCUT2D eigenvalue weighted by atomic mass is 9.73. The summed E-state index contributed by atoms with van der Waals surface area (Å²) >= 11 is 0. The zero-order valence-corrected chi connectivity index (χ0v) is 10.6. The zero-order chi connectivity index (χ0) is 11.3. The maximum absolute atomic E-state index is 9.48. The standard InChI is InChI=1S/C13H27NO/c1-4-11(15)8-10-14-12-7-5-6-9-13(12,2)3/h11-12,14-15H,4-10H2,1-3H3. The van der Waals surface area contributed by atoms with Gasteiger partial charge in [-0.3, -0.25) is 0 Å². The van der Waals surface area contributed by atoms with Crippen LogP contribution in [-0.2, 0) is 0 Å². The van der Waals surface area contributed by atoms with Crippen molar-refractivity contribution in [2.75, 3.05) is 6.54 Å². The van der Waals surface area contributed by atoms with E-state index in [1.165, 1.54) is 25.7 Å². The van der Waals surface area contributed by atoms with Crippen molar-refractivity contribution in [3.63, 3.8) is 0 Å². The van der Waals surface area contributed by atoms with Crippen molar-refractivity contribution in [3.8, 4) is 0 Å². The largest absolute Gasteiger partial charge is 0.393 e. The Morgan fingerprint density at radius 1 is 1.40 bits per heavy atom. The topological polar surface area (TPSA) is 32.3 Å². The van der Waals surface area contributed by atoms with E-state index in [1.54, 1.807) is 0 Å². The molecule has 2 nitrogen and oxygen atoms in total. The molecule has 0 aromatic rings. The van der Waals surface area contributed by atoms with Gasteiger partial charge in [0.2, 0.25) is 0 Å². The van der Waals surface area contributed by atoms with Gasteiger partial charge in [-0.1, -0.05) is 33.6 Å². The number of rotatable bonds is 5. The lowest BCUT2D eigenvalue weighted by Crippen LogP contribution is -2.44. The molecule has 2 heteroatoms. The molecule has 1 fully saturated rings. The number of hydrogen-bond donors (Lipinski definition) is 2. The lowest BCUT2D eigenvalue weighted by Gasteiger charge is -2.39. The molecule has 15 heavy (non-hydrogen) atoms. The van der Waals surface area contributed by atoms with Crippen molar-refractivity contribution >= 4 is 0 Å². The molecule has 0 radical (unpaired) electrons. The van der Waals surface area contributed by atoms with Crippen molar-refractivity contribution in [1.82, 2.24) is 5.32 Å². The quantitative estimate of drug-likeness (QED) is 0.736. The van der Waals surface area contributed by atoms with Crippen LogP contribution >= 0.6 is 0 Å². The summed E-state index contributed by atoms with van der Waals surface area (Å²) < 4.78 is 0. The third kappa shape index (κ3) is 4.12. The summed E-state index contributed by atoms with van der Waals surface area (Å²) in [6, 6.07) is 0.648. The Morgan fingerprint density at radius 2 is 2.13 bits per heavy atom. The summed E-state index contributed by atoms with van der Waals surface area (Å²) in [5.74, 6) is 0. The minimum atomic E-state index is -0.121. The maximum Gasteiger partial charge on any atom is 0.0549 e. The van der Waals surface area contributed by atoms with E-state index in [1.807, 2.05) is 6.92 Å². The van der Waals surface area contributed by atoms with Crippen molar-refractivity contribution in [2.45, 2.75) is 71.4 Å². The average molecular weight is 213 g/mol. The van der Waals surface area contributed by atoms with E-state index in [-0.39, 0.29) is 6.10 Å². The monoisotopic (exact) mass is 213 g/mol. The number of nitrogens with one attached hydrogen (secondary N) is 1. The zero-order valence-electron chi connectivity index (χ0n) is 10.6. The Bertz CT molecular complexity index is 179. The minimum absolute atomic E-state index is 0.121. The Morgan fingerprint density at radius 3 is 2.73 bits per heavy atom. The summed E-state index contributed by atoms with van der Waals surface area (Å²) in [4.78, 5) is 0. The molecule has 0 heterocycles. The summed E-state index contributed by atoms with van der Waals surface area (Å²) in [5, 5.41) is 13.1. The second-order valence-corrected chi connectivity index (χ2v) is 5.59. The van der Waals surface area contributed by atoms with Crippen LogP contribution in [0.2, 0.25) is 0 Å². The molecule has 1 aliphatic carbocycles. The maximum atomic E-state index is 9.48. The number of aliphatic hydroxyl groups excluding tert-OH is 1. The van der Waals surface area contributed by atoms with Gasteiger partial charge in [0, 0.05) is 6.04 Å². The first-order chi connectivity index (χ1) is 7.06. The van der Waals surface area contributed by atoms with Crippen LogP contribution in [0.25, 0.3) is 0 Å². The molecule has 0 aromatic heterocycles. The van der Waals surface area contributed by atoms with Gasteiger partial charge in [-0.05, 0) is 37.6 Å². The smallest absolute Gasteiger partial charge is 0.0549 e. The van der Waals surface area contributed by atoms with Gasteiger partial charge in [0.1, 0.15) is 0 Å². The second kappa shape index (κ2) is 5.86. The number of hydrogen-bond acceptors (Lipinski definition) is 2. The van der Waals surface area contributed by atoms with Crippen LogP contribution in [0.15, 0.2) is 0 Å². The molecule has 2 atom stereocenters. The molecule has 0 bridgehead atoms. The SMILES string of the molecule is CCC(O)CCNC1CCCCC1(C)C. The molecule has 90 valence electrons. The Hall–Kier alpha value is -0.0800. The Kier molecular flexibility index (Phi) is 5.07. The predicted molar refractivity (Wildman–Crippen MR) is 65.0 cm³/mol. The van der Waals surface area contributed by atoms with E-state index in [0.29, 0.717) is 11.5 Å². The van der Waals surface area contributed by atoms with Gasteiger partial charge >= 0.3 is 0 Å².